The van der Waals surface area contributed by atoms with Gasteiger partial charge in [-0.05, 0) is 55.5 Å². The molecule has 16 heavy (non-hydrogen) atoms. The molecule has 0 amide bonds. The van der Waals surface area contributed by atoms with E-state index in [9.17, 15) is 0 Å². The van der Waals surface area contributed by atoms with Crippen LogP contribution >= 0.6 is 15.9 Å². The number of rotatable bonds is 4. The van der Waals surface area contributed by atoms with Crippen molar-refractivity contribution in [1.29, 1.82) is 0 Å². The first-order chi connectivity index (χ1) is 7.68. The maximum absolute atomic E-state index is 5.61. The Bertz CT molecular complexity index is 356. The molecule has 0 saturated carbocycles. The monoisotopic (exact) mass is 286 g/mol. The predicted octanol–water partition coefficient (Wildman–Crippen LogP) is 3.22. The summed E-state index contributed by atoms with van der Waals surface area (Å²) in [4.78, 5) is 0. The van der Waals surface area contributed by atoms with E-state index in [1.165, 1.54) is 18.5 Å². The Morgan fingerprint density at radius 1 is 1.50 bits per heavy atom. The summed E-state index contributed by atoms with van der Waals surface area (Å²) in [5, 5.41) is 4.50. The lowest BCUT2D eigenvalue weighted by Gasteiger charge is -2.09. The molecule has 1 atom stereocenters. The molecule has 0 radical (unpaired) electrons. The molecule has 1 aromatic heterocycles. The van der Waals surface area contributed by atoms with Crippen LogP contribution in [0.4, 0.5) is 0 Å². The van der Waals surface area contributed by atoms with Crippen LogP contribution in [0.3, 0.4) is 0 Å². The van der Waals surface area contributed by atoms with E-state index in [-0.39, 0.29) is 0 Å². The van der Waals surface area contributed by atoms with Gasteiger partial charge in [-0.2, -0.15) is 5.10 Å². The summed E-state index contributed by atoms with van der Waals surface area (Å²) >= 11 is 3.55. The van der Waals surface area contributed by atoms with Crippen molar-refractivity contribution in [3.05, 3.63) is 15.9 Å². The number of aromatic nitrogens is 2. The van der Waals surface area contributed by atoms with Crippen LogP contribution in [0.25, 0.3) is 0 Å². The maximum atomic E-state index is 5.61. The molecule has 0 aromatic carbocycles. The molecule has 1 aliphatic rings. The zero-order chi connectivity index (χ0) is 11.5. The lowest BCUT2D eigenvalue weighted by molar-refractivity contribution is 0.101. The lowest BCUT2D eigenvalue weighted by atomic mass is 10.1. The van der Waals surface area contributed by atoms with Crippen LogP contribution in [-0.4, -0.2) is 22.5 Å². The maximum Gasteiger partial charge on any atom is 0.0738 e. The minimum atomic E-state index is 0.500. The first kappa shape index (κ1) is 12.1. The fourth-order valence-corrected chi connectivity index (χ4v) is 2.52. The van der Waals surface area contributed by atoms with Gasteiger partial charge in [0.1, 0.15) is 0 Å². The summed E-state index contributed by atoms with van der Waals surface area (Å²) in [6.07, 6.45) is 5.28. The highest BCUT2D eigenvalue weighted by Gasteiger charge is 2.15. The van der Waals surface area contributed by atoms with Crippen molar-refractivity contribution in [1.82, 2.24) is 9.78 Å². The molecule has 0 bridgehead atoms. The third kappa shape index (κ3) is 2.66. The zero-order valence-electron chi connectivity index (χ0n) is 10.0. The molecule has 1 unspecified atom stereocenters. The van der Waals surface area contributed by atoms with Crippen molar-refractivity contribution in [2.75, 3.05) is 6.61 Å². The molecule has 0 aliphatic carbocycles. The Hall–Kier alpha value is -0.350. The van der Waals surface area contributed by atoms with E-state index in [0.717, 1.165) is 36.2 Å². The van der Waals surface area contributed by atoms with Gasteiger partial charge >= 0.3 is 0 Å². The molecule has 1 aromatic rings. The summed E-state index contributed by atoms with van der Waals surface area (Å²) in [6.45, 7) is 6.10. The minimum absolute atomic E-state index is 0.500. The quantitative estimate of drug-likeness (QED) is 0.850. The Balaban J connectivity index is 1.82. The van der Waals surface area contributed by atoms with E-state index < -0.39 is 0 Å². The molecule has 90 valence electrons. The molecule has 1 saturated heterocycles. The van der Waals surface area contributed by atoms with E-state index in [1.807, 2.05) is 6.92 Å². The Kier molecular flexibility index (Phi) is 4.03. The summed E-state index contributed by atoms with van der Waals surface area (Å²) in [7, 11) is 0. The third-order valence-electron chi connectivity index (χ3n) is 3.21. The normalized spacial score (nSPS) is 20.6. The molecule has 1 fully saturated rings. The van der Waals surface area contributed by atoms with Crippen LogP contribution in [0.2, 0.25) is 0 Å². The number of nitrogens with zero attached hydrogens (tertiary/aromatic N) is 2. The lowest BCUT2D eigenvalue weighted by Crippen LogP contribution is -2.08. The molecule has 0 N–H and O–H groups in total. The van der Waals surface area contributed by atoms with Crippen LogP contribution in [0.5, 0.6) is 0 Å². The summed E-state index contributed by atoms with van der Waals surface area (Å²) in [6, 6.07) is 0. The second-order valence-electron chi connectivity index (χ2n) is 4.49. The number of ether oxygens (including phenoxy) is 1. The van der Waals surface area contributed by atoms with E-state index in [0.29, 0.717) is 6.10 Å². The number of hydrogen-bond acceptors (Lipinski definition) is 2. The summed E-state index contributed by atoms with van der Waals surface area (Å²) < 4.78 is 8.85. The van der Waals surface area contributed by atoms with Crippen LogP contribution in [-0.2, 0) is 11.3 Å². The fraction of sp³-hybridized carbons (Fsp3) is 0.750. The van der Waals surface area contributed by atoms with Gasteiger partial charge in [0.05, 0.1) is 16.3 Å². The average molecular weight is 287 g/mol. The number of hydrogen-bond donors (Lipinski definition) is 0. The molecule has 4 heteroatoms. The van der Waals surface area contributed by atoms with Gasteiger partial charge in [-0.3, -0.25) is 4.68 Å². The average Bonchev–Trinajstić information content (AvgIpc) is 2.85. The molecular weight excluding hydrogens is 268 g/mol. The van der Waals surface area contributed by atoms with Gasteiger partial charge in [-0.1, -0.05) is 0 Å². The molecule has 0 spiro atoms. The predicted molar refractivity (Wildman–Crippen MR) is 67.6 cm³/mol. The highest BCUT2D eigenvalue weighted by molar-refractivity contribution is 9.10. The Labute approximate surface area is 105 Å². The molecular formula is C12H19BrN2O. The van der Waals surface area contributed by atoms with Crippen molar-refractivity contribution in [2.24, 2.45) is 0 Å². The van der Waals surface area contributed by atoms with Gasteiger partial charge in [-0.25, -0.2) is 0 Å². The van der Waals surface area contributed by atoms with Crippen molar-refractivity contribution in [3.63, 3.8) is 0 Å². The first-order valence-electron chi connectivity index (χ1n) is 5.99. The van der Waals surface area contributed by atoms with Gasteiger partial charge in [0.2, 0.25) is 0 Å². The van der Waals surface area contributed by atoms with E-state index in [4.69, 9.17) is 4.74 Å². The standard InChI is InChI=1S/C12H19BrN2O/c1-9-12(13)10(2)15(14-9)7-3-5-11-6-4-8-16-11/h11H,3-8H2,1-2H3. The molecule has 3 nitrogen and oxygen atoms in total. The van der Waals surface area contributed by atoms with E-state index >= 15 is 0 Å². The van der Waals surface area contributed by atoms with Gasteiger partial charge in [0.25, 0.3) is 0 Å². The van der Waals surface area contributed by atoms with Gasteiger partial charge in [-0.15, -0.1) is 0 Å². The topological polar surface area (TPSA) is 27.1 Å². The van der Waals surface area contributed by atoms with E-state index in [1.54, 1.807) is 0 Å². The van der Waals surface area contributed by atoms with Crippen molar-refractivity contribution < 1.29 is 4.74 Å². The van der Waals surface area contributed by atoms with E-state index in [2.05, 4.69) is 32.6 Å². The molecule has 1 aliphatic heterocycles. The molecule has 2 heterocycles. The van der Waals surface area contributed by atoms with Crippen LogP contribution in [0, 0.1) is 13.8 Å². The van der Waals surface area contributed by atoms with Gasteiger partial charge in [0, 0.05) is 18.8 Å². The van der Waals surface area contributed by atoms with Gasteiger partial charge < -0.3 is 4.74 Å². The highest BCUT2D eigenvalue weighted by atomic mass is 79.9. The SMILES string of the molecule is Cc1nn(CCCC2CCCO2)c(C)c1Br. The highest BCUT2D eigenvalue weighted by Crippen LogP contribution is 2.21. The second-order valence-corrected chi connectivity index (χ2v) is 5.28. The van der Waals surface area contributed by atoms with Crippen LogP contribution < -0.4 is 0 Å². The smallest absolute Gasteiger partial charge is 0.0738 e. The Morgan fingerprint density at radius 3 is 2.88 bits per heavy atom. The zero-order valence-corrected chi connectivity index (χ0v) is 11.6. The van der Waals surface area contributed by atoms with Gasteiger partial charge in [0.15, 0.2) is 0 Å². The first-order valence-corrected chi connectivity index (χ1v) is 6.79. The largest absolute Gasteiger partial charge is 0.378 e. The fourth-order valence-electron chi connectivity index (χ4n) is 2.23. The van der Waals surface area contributed by atoms with Crippen LogP contribution in [0.1, 0.15) is 37.1 Å². The second kappa shape index (κ2) is 5.32. The third-order valence-corrected chi connectivity index (χ3v) is 4.36. The minimum Gasteiger partial charge on any atom is -0.378 e. The number of halogens is 1. The van der Waals surface area contributed by atoms with Crippen LogP contribution in [0.15, 0.2) is 4.47 Å². The van der Waals surface area contributed by atoms with Crippen molar-refractivity contribution >= 4 is 15.9 Å². The van der Waals surface area contributed by atoms with Crippen molar-refractivity contribution in [3.8, 4) is 0 Å². The Morgan fingerprint density at radius 2 is 2.31 bits per heavy atom. The van der Waals surface area contributed by atoms with Crippen molar-refractivity contribution in [2.45, 2.75) is 52.2 Å². The summed E-state index contributed by atoms with van der Waals surface area (Å²) in [5.41, 5.74) is 2.31. The molecule has 2 rings (SSSR count). The number of aryl methyl sites for hydroxylation is 2. The summed E-state index contributed by atoms with van der Waals surface area (Å²) in [5.74, 6) is 0.